The number of benzene rings is 2. The molecular formula is C23H18ClFN4O2. The molecule has 2 amide bonds. The van der Waals surface area contributed by atoms with E-state index in [0.29, 0.717) is 21.9 Å². The van der Waals surface area contributed by atoms with E-state index in [4.69, 9.17) is 11.6 Å². The number of pyridine rings is 1. The van der Waals surface area contributed by atoms with Crippen molar-refractivity contribution >= 4 is 40.0 Å². The van der Waals surface area contributed by atoms with Crippen molar-refractivity contribution in [3.8, 4) is 0 Å². The summed E-state index contributed by atoms with van der Waals surface area (Å²) in [6.45, 7) is 0. The first-order chi connectivity index (χ1) is 15.0. The lowest BCUT2D eigenvalue weighted by Crippen LogP contribution is -2.45. The maximum absolute atomic E-state index is 13.3. The first-order valence-corrected chi connectivity index (χ1v) is 9.91. The number of amides is 2. The molecule has 4 aromatic rings. The summed E-state index contributed by atoms with van der Waals surface area (Å²) < 4.78 is 13.3. The molecule has 2 aromatic heterocycles. The molecule has 8 heteroatoms. The van der Waals surface area contributed by atoms with E-state index in [-0.39, 0.29) is 23.8 Å². The molecule has 0 unspecified atom stereocenters. The highest BCUT2D eigenvalue weighted by Crippen LogP contribution is 2.18. The van der Waals surface area contributed by atoms with Crippen LogP contribution >= 0.6 is 11.6 Å². The van der Waals surface area contributed by atoms with E-state index < -0.39 is 11.9 Å². The van der Waals surface area contributed by atoms with Crippen LogP contribution in [0.15, 0.2) is 72.9 Å². The molecule has 0 bridgehead atoms. The molecule has 4 rings (SSSR count). The van der Waals surface area contributed by atoms with Gasteiger partial charge in [0.05, 0.1) is 11.7 Å². The number of hydrogen-bond donors (Lipinski definition) is 3. The summed E-state index contributed by atoms with van der Waals surface area (Å²) in [5.41, 5.74) is 2.24. The van der Waals surface area contributed by atoms with Gasteiger partial charge < -0.3 is 15.6 Å². The van der Waals surface area contributed by atoms with Gasteiger partial charge in [-0.25, -0.2) is 9.37 Å². The maximum Gasteiger partial charge on any atom is 0.268 e. The minimum atomic E-state index is -0.883. The fraction of sp³-hybridized carbons (Fsp3) is 0.0870. The molecule has 0 saturated carbocycles. The van der Waals surface area contributed by atoms with Crippen LogP contribution in [0.5, 0.6) is 0 Å². The van der Waals surface area contributed by atoms with Crippen LogP contribution in [0.3, 0.4) is 0 Å². The predicted octanol–water partition coefficient (Wildman–Crippen LogP) is 4.34. The number of H-pyrrole nitrogens is 1. The number of nitrogens with one attached hydrogen (secondary N) is 3. The standard InChI is InChI=1S/C23H18ClFN4O2/c24-21-12-15-11-19(28-20(15)13-26-21)23(31)29-18(10-14-6-8-16(25)9-7-14)22(30)27-17-4-2-1-3-5-17/h1-9,11-13,18,28H,10H2,(H,27,30)(H,29,31)/t18-/m0/s1. The van der Waals surface area contributed by atoms with Gasteiger partial charge in [0.2, 0.25) is 5.91 Å². The van der Waals surface area contributed by atoms with Crippen LogP contribution in [0.25, 0.3) is 10.9 Å². The van der Waals surface area contributed by atoms with E-state index in [1.165, 1.54) is 18.3 Å². The molecule has 2 heterocycles. The molecule has 0 aliphatic carbocycles. The van der Waals surface area contributed by atoms with E-state index in [1.807, 2.05) is 6.07 Å². The molecule has 0 fully saturated rings. The molecule has 0 spiro atoms. The lowest BCUT2D eigenvalue weighted by molar-refractivity contribution is -0.118. The Balaban J connectivity index is 1.56. The van der Waals surface area contributed by atoms with Crippen molar-refractivity contribution in [1.82, 2.24) is 15.3 Å². The van der Waals surface area contributed by atoms with Gasteiger partial charge >= 0.3 is 0 Å². The van der Waals surface area contributed by atoms with E-state index >= 15 is 0 Å². The molecule has 3 N–H and O–H groups in total. The largest absolute Gasteiger partial charge is 0.349 e. The smallest absolute Gasteiger partial charge is 0.268 e. The predicted molar refractivity (Wildman–Crippen MR) is 118 cm³/mol. The average molecular weight is 437 g/mol. The molecular weight excluding hydrogens is 419 g/mol. The average Bonchev–Trinajstić information content (AvgIpc) is 3.19. The molecule has 0 aliphatic heterocycles. The van der Waals surface area contributed by atoms with Crippen LogP contribution < -0.4 is 10.6 Å². The number of nitrogens with zero attached hydrogens (tertiary/aromatic N) is 1. The highest BCUT2D eigenvalue weighted by atomic mass is 35.5. The Morgan fingerprint density at radius 2 is 1.81 bits per heavy atom. The van der Waals surface area contributed by atoms with Gasteiger partial charge in [0.1, 0.15) is 22.7 Å². The van der Waals surface area contributed by atoms with Gasteiger partial charge in [-0.3, -0.25) is 9.59 Å². The van der Waals surface area contributed by atoms with Crippen molar-refractivity contribution in [2.24, 2.45) is 0 Å². The molecule has 0 aliphatic rings. The second kappa shape index (κ2) is 8.97. The van der Waals surface area contributed by atoms with Crippen molar-refractivity contribution in [2.45, 2.75) is 12.5 Å². The number of hydrogen-bond acceptors (Lipinski definition) is 3. The first-order valence-electron chi connectivity index (χ1n) is 9.53. The lowest BCUT2D eigenvalue weighted by atomic mass is 10.0. The zero-order valence-electron chi connectivity index (χ0n) is 16.2. The Kier molecular flexibility index (Phi) is 5.95. The van der Waals surface area contributed by atoms with Crippen LogP contribution in [0.2, 0.25) is 5.15 Å². The summed E-state index contributed by atoms with van der Waals surface area (Å²) in [5.74, 6) is -1.21. The minimum absolute atomic E-state index is 0.193. The number of anilines is 1. The highest BCUT2D eigenvalue weighted by molar-refractivity contribution is 6.30. The monoisotopic (exact) mass is 436 g/mol. The van der Waals surface area contributed by atoms with Gasteiger partial charge in [0.25, 0.3) is 5.91 Å². The van der Waals surface area contributed by atoms with Crippen LogP contribution in [-0.2, 0) is 11.2 Å². The number of para-hydroxylation sites is 1. The summed E-state index contributed by atoms with van der Waals surface area (Å²) in [5, 5.41) is 6.61. The Bertz CT molecular complexity index is 1230. The molecule has 6 nitrogen and oxygen atoms in total. The van der Waals surface area contributed by atoms with Gasteiger partial charge in [-0.1, -0.05) is 41.9 Å². The number of aromatic amines is 1. The Hall–Kier alpha value is -3.71. The fourth-order valence-electron chi connectivity index (χ4n) is 3.18. The van der Waals surface area contributed by atoms with Crippen LogP contribution in [0, 0.1) is 5.82 Å². The second-order valence-electron chi connectivity index (χ2n) is 6.99. The van der Waals surface area contributed by atoms with E-state index in [0.717, 1.165) is 5.39 Å². The van der Waals surface area contributed by atoms with Gasteiger partial charge in [0.15, 0.2) is 0 Å². The Labute approximate surface area is 182 Å². The lowest BCUT2D eigenvalue weighted by Gasteiger charge is -2.18. The van der Waals surface area contributed by atoms with Crippen molar-refractivity contribution in [3.05, 3.63) is 95.2 Å². The topological polar surface area (TPSA) is 86.9 Å². The first kappa shape index (κ1) is 20.6. The zero-order chi connectivity index (χ0) is 21.8. The number of fused-ring (bicyclic) bond motifs is 1. The van der Waals surface area contributed by atoms with Crippen LogP contribution in [0.4, 0.5) is 10.1 Å². The third-order valence-corrected chi connectivity index (χ3v) is 4.94. The van der Waals surface area contributed by atoms with E-state index in [2.05, 4.69) is 20.6 Å². The third kappa shape index (κ3) is 5.07. The van der Waals surface area contributed by atoms with Crippen LogP contribution in [-0.4, -0.2) is 27.8 Å². The molecule has 31 heavy (non-hydrogen) atoms. The van der Waals surface area contributed by atoms with Crippen LogP contribution in [0.1, 0.15) is 16.1 Å². The molecule has 1 atom stereocenters. The maximum atomic E-state index is 13.3. The fourth-order valence-corrected chi connectivity index (χ4v) is 3.35. The van der Waals surface area contributed by atoms with Gasteiger partial charge in [-0.15, -0.1) is 0 Å². The summed E-state index contributed by atoms with van der Waals surface area (Å²) in [6.07, 6.45) is 1.73. The Morgan fingerprint density at radius 1 is 1.06 bits per heavy atom. The van der Waals surface area contributed by atoms with Gasteiger partial charge in [0, 0.05) is 17.5 Å². The summed E-state index contributed by atoms with van der Waals surface area (Å²) in [7, 11) is 0. The molecule has 156 valence electrons. The number of halogens is 2. The summed E-state index contributed by atoms with van der Waals surface area (Å²) in [4.78, 5) is 32.8. The minimum Gasteiger partial charge on any atom is -0.349 e. The number of aromatic nitrogens is 2. The van der Waals surface area contributed by atoms with Crippen molar-refractivity contribution in [2.75, 3.05) is 5.32 Å². The molecule has 2 aromatic carbocycles. The van der Waals surface area contributed by atoms with E-state index in [1.54, 1.807) is 48.5 Å². The molecule has 0 radical (unpaired) electrons. The van der Waals surface area contributed by atoms with E-state index in [9.17, 15) is 14.0 Å². The molecule has 0 saturated heterocycles. The van der Waals surface area contributed by atoms with Gasteiger partial charge in [-0.2, -0.15) is 0 Å². The summed E-state index contributed by atoms with van der Waals surface area (Å²) >= 11 is 5.91. The third-order valence-electron chi connectivity index (χ3n) is 4.73. The Morgan fingerprint density at radius 3 is 2.55 bits per heavy atom. The number of carbonyl (C=O) groups is 2. The summed E-state index contributed by atoms with van der Waals surface area (Å²) in [6, 6.07) is 17.1. The van der Waals surface area contributed by atoms with Crippen molar-refractivity contribution in [1.29, 1.82) is 0 Å². The van der Waals surface area contributed by atoms with Gasteiger partial charge in [-0.05, 0) is 42.0 Å². The second-order valence-corrected chi connectivity index (χ2v) is 7.38. The highest BCUT2D eigenvalue weighted by Gasteiger charge is 2.23. The number of rotatable bonds is 6. The normalized spacial score (nSPS) is 11.8. The quantitative estimate of drug-likeness (QED) is 0.393. The number of carbonyl (C=O) groups excluding carboxylic acids is 2. The van der Waals surface area contributed by atoms with Crippen molar-refractivity contribution in [3.63, 3.8) is 0 Å². The van der Waals surface area contributed by atoms with Crippen molar-refractivity contribution < 1.29 is 14.0 Å². The SMILES string of the molecule is O=C(N[C@@H](Cc1ccc(F)cc1)C(=O)Nc1ccccc1)c1cc2cc(Cl)ncc2[nH]1. The zero-order valence-corrected chi connectivity index (χ0v) is 17.0.